The second-order valence-electron chi connectivity index (χ2n) is 4.30. The van der Waals surface area contributed by atoms with Crippen LogP contribution in [0.3, 0.4) is 0 Å². The normalized spacial score (nSPS) is 10.6. The van der Waals surface area contributed by atoms with Crippen LogP contribution in [0.1, 0.15) is 22.5 Å². The summed E-state index contributed by atoms with van der Waals surface area (Å²) in [7, 11) is 0. The maximum absolute atomic E-state index is 9.61. The second kappa shape index (κ2) is 5.40. The van der Waals surface area contributed by atoms with Gasteiger partial charge in [0.15, 0.2) is 10.9 Å². The van der Waals surface area contributed by atoms with Crippen molar-refractivity contribution in [2.75, 3.05) is 0 Å². The molecule has 3 nitrogen and oxygen atoms in total. The molecule has 0 spiro atoms. The second-order valence-corrected chi connectivity index (χ2v) is 5.24. The van der Waals surface area contributed by atoms with Crippen molar-refractivity contribution in [2.45, 2.75) is 31.7 Å². The van der Waals surface area contributed by atoms with E-state index in [2.05, 4.69) is 41.2 Å². The van der Waals surface area contributed by atoms with Gasteiger partial charge in [-0.25, -0.2) is 9.97 Å². The number of aromatic hydroxyl groups is 1. The summed E-state index contributed by atoms with van der Waals surface area (Å²) in [5, 5.41) is 10.3. The summed E-state index contributed by atoms with van der Waals surface area (Å²) >= 11 is 1.58. The van der Waals surface area contributed by atoms with Crippen LogP contribution in [0.2, 0.25) is 0 Å². The molecule has 2 rings (SSSR count). The molecule has 0 unspecified atom stereocenters. The van der Waals surface area contributed by atoms with Crippen molar-refractivity contribution >= 4 is 11.8 Å². The van der Waals surface area contributed by atoms with E-state index in [0.29, 0.717) is 16.5 Å². The minimum atomic E-state index is 0.190. The first kappa shape index (κ1) is 12.9. The molecule has 0 aliphatic rings. The first-order chi connectivity index (χ1) is 8.56. The third kappa shape index (κ3) is 3.01. The Morgan fingerprint density at radius 2 is 1.56 bits per heavy atom. The molecular formula is C14H16N2OS. The summed E-state index contributed by atoms with van der Waals surface area (Å²) in [4.78, 5) is 8.54. The lowest BCUT2D eigenvalue weighted by atomic mass is 10.2. The smallest absolute Gasteiger partial charge is 0.188 e. The zero-order chi connectivity index (χ0) is 13.1. The van der Waals surface area contributed by atoms with E-state index < -0.39 is 0 Å². The van der Waals surface area contributed by atoms with Crippen molar-refractivity contribution < 1.29 is 5.11 Å². The molecule has 0 saturated carbocycles. The summed E-state index contributed by atoms with van der Waals surface area (Å²) in [5.74, 6) is 1.03. The van der Waals surface area contributed by atoms with E-state index in [1.165, 1.54) is 11.1 Å². The van der Waals surface area contributed by atoms with Gasteiger partial charge in [0, 0.05) is 5.75 Å². The Kier molecular flexibility index (Phi) is 3.87. The average molecular weight is 260 g/mol. The van der Waals surface area contributed by atoms with Gasteiger partial charge in [-0.1, -0.05) is 41.6 Å². The van der Waals surface area contributed by atoms with Crippen molar-refractivity contribution in [2.24, 2.45) is 0 Å². The molecule has 0 amide bonds. The lowest BCUT2D eigenvalue weighted by molar-refractivity contribution is 0.456. The Hall–Kier alpha value is -1.55. The molecular weight excluding hydrogens is 244 g/mol. The summed E-state index contributed by atoms with van der Waals surface area (Å²) < 4.78 is 0. The lowest BCUT2D eigenvalue weighted by Gasteiger charge is -2.05. The number of aryl methyl sites for hydroxylation is 3. The standard InChI is InChI=1S/C14H16N2OS/c1-9-4-6-12(7-5-9)8-18-14-15-10(2)13(17)11(3)16-14/h4-7,17H,8H2,1-3H3. The van der Waals surface area contributed by atoms with Gasteiger partial charge in [0.05, 0.1) is 11.4 Å². The van der Waals surface area contributed by atoms with E-state index in [9.17, 15) is 5.11 Å². The Morgan fingerprint density at radius 1 is 1.00 bits per heavy atom. The summed E-state index contributed by atoms with van der Waals surface area (Å²) in [6.45, 7) is 5.66. The van der Waals surface area contributed by atoms with Crippen LogP contribution in [0.25, 0.3) is 0 Å². The van der Waals surface area contributed by atoms with Gasteiger partial charge in [-0.3, -0.25) is 0 Å². The van der Waals surface area contributed by atoms with Crippen molar-refractivity contribution in [3.05, 3.63) is 46.8 Å². The molecule has 4 heteroatoms. The van der Waals surface area contributed by atoms with Crippen molar-refractivity contribution in [3.8, 4) is 5.75 Å². The number of aromatic nitrogens is 2. The topological polar surface area (TPSA) is 46.0 Å². The highest BCUT2D eigenvalue weighted by Crippen LogP contribution is 2.24. The number of hydrogen-bond donors (Lipinski definition) is 1. The molecule has 1 aromatic heterocycles. The minimum Gasteiger partial charge on any atom is -0.504 e. The van der Waals surface area contributed by atoms with E-state index >= 15 is 0 Å². The zero-order valence-electron chi connectivity index (χ0n) is 10.8. The molecule has 1 heterocycles. The van der Waals surface area contributed by atoms with Crippen LogP contribution in [0.5, 0.6) is 5.75 Å². The zero-order valence-corrected chi connectivity index (χ0v) is 11.6. The molecule has 18 heavy (non-hydrogen) atoms. The van der Waals surface area contributed by atoms with Crippen molar-refractivity contribution in [1.29, 1.82) is 0 Å². The van der Waals surface area contributed by atoms with E-state index in [4.69, 9.17) is 0 Å². The molecule has 94 valence electrons. The van der Waals surface area contributed by atoms with Crippen molar-refractivity contribution in [1.82, 2.24) is 9.97 Å². The van der Waals surface area contributed by atoms with Crippen LogP contribution in [0, 0.1) is 20.8 Å². The van der Waals surface area contributed by atoms with Gasteiger partial charge < -0.3 is 5.11 Å². The first-order valence-electron chi connectivity index (χ1n) is 5.79. The molecule has 2 aromatic rings. The molecule has 0 radical (unpaired) electrons. The maximum Gasteiger partial charge on any atom is 0.188 e. The molecule has 0 atom stereocenters. The largest absolute Gasteiger partial charge is 0.504 e. The van der Waals surface area contributed by atoms with E-state index in [0.717, 1.165) is 5.75 Å². The van der Waals surface area contributed by atoms with Crippen LogP contribution < -0.4 is 0 Å². The predicted molar refractivity (Wildman–Crippen MR) is 73.9 cm³/mol. The van der Waals surface area contributed by atoms with Crippen molar-refractivity contribution in [3.63, 3.8) is 0 Å². The Morgan fingerprint density at radius 3 is 2.11 bits per heavy atom. The Labute approximate surface area is 111 Å². The van der Waals surface area contributed by atoms with Gasteiger partial charge in [-0.2, -0.15) is 0 Å². The maximum atomic E-state index is 9.61. The highest BCUT2D eigenvalue weighted by atomic mass is 32.2. The van der Waals surface area contributed by atoms with Gasteiger partial charge in [0.1, 0.15) is 0 Å². The molecule has 1 aromatic carbocycles. The van der Waals surface area contributed by atoms with Crippen LogP contribution >= 0.6 is 11.8 Å². The van der Waals surface area contributed by atoms with Gasteiger partial charge >= 0.3 is 0 Å². The van der Waals surface area contributed by atoms with Crippen LogP contribution in [-0.4, -0.2) is 15.1 Å². The van der Waals surface area contributed by atoms with Crippen LogP contribution in [-0.2, 0) is 5.75 Å². The molecule has 0 bridgehead atoms. The summed E-state index contributed by atoms with van der Waals surface area (Å²) in [6, 6.07) is 8.43. The molecule has 0 aliphatic heterocycles. The number of rotatable bonds is 3. The fraction of sp³-hybridized carbons (Fsp3) is 0.286. The highest BCUT2D eigenvalue weighted by molar-refractivity contribution is 7.98. The summed E-state index contributed by atoms with van der Waals surface area (Å²) in [6.07, 6.45) is 0. The molecule has 1 N–H and O–H groups in total. The lowest BCUT2D eigenvalue weighted by Crippen LogP contribution is -1.94. The molecule has 0 aliphatic carbocycles. The van der Waals surface area contributed by atoms with Gasteiger partial charge in [-0.05, 0) is 26.3 Å². The van der Waals surface area contributed by atoms with Crippen LogP contribution in [0.4, 0.5) is 0 Å². The monoisotopic (exact) mass is 260 g/mol. The highest BCUT2D eigenvalue weighted by Gasteiger charge is 2.07. The number of benzene rings is 1. The molecule has 0 saturated heterocycles. The van der Waals surface area contributed by atoms with E-state index in [-0.39, 0.29) is 5.75 Å². The predicted octanol–water partition coefficient (Wildman–Crippen LogP) is 3.40. The molecule has 0 fully saturated rings. The van der Waals surface area contributed by atoms with E-state index in [1.54, 1.807) is 25.6 Å². The summed E-state index contributed by atoms with van der Waals surface area (Å²) in [5.41, 5.74) is 3.77. The quantitative estimate of drug-likeness (QED) is 0.678. The fourth-order valence-corrected chi connectivity index (χ4v) is 2.47. The number of hydrogen-bond acceptors (Lipinski definition) is 4. The number of nitrogens with zero attached hydrogens (tertiary/aromatic N) is 2. The number of thioether (sulfide) groups is 1. The Bertz CT molecular complexity index is 529. The van der Waals surface area contributed by atoms with Crippen LogP contribution in [0.15, 0.2) is 29.4 Å². The van der Waals surface area contributed by atoms with Gasteiger partial charge in [0.2, 0.25) is 0 Å². The fourth-order valence-electron chi connectivity index (χ4n) is 1.58. The van der Waals surface area contributed by atoms with Gasteiger partial charge in [-0.15, -0.1) is 0 Å². The van der Waals surface area contributed by atoms with E-state index in [1.807, 2.05) is 0 Å². The average Bonchev–Trinajstić information content (AvgIpc) is 2.35. The SMILES string of the molecule is Cc1ccc(CSc2nc(C)c(O)c(C)n2)cc1. The third-order valence-corrected chi connectivity index (χ3v) is 3.62. The Balaban J connectivity index is 2.08. The van der Waals surface area contributed by atoms with Gasteiger partial charge in [0.25, 0.3) is 0 Å². The third-order valence-electron chi connectivity index (χ3n) is 2.70. The first-order valence-corrected chi connectivity index (χ1v) is 6.77. The minimum absolute atomic E-state index is 0.190.